The van der Waals surface area contributed by atoms with E-state index in [9.17, 15) is 9.59 Å². The number of hydrogen-bond donors (Lipinski definition) is 1. The lowest BCUT2D eigenvalue weighted by atomic mass is 10.1. The molecule has 1 amide bonds. The molecule has 6 heteroatoms. The van der Waals surface area contributed by atoms with Gasteiger partial charge in [-0.2, -0.15) is 0 Å². The van der Waals surface area contributed by atoms with Crippen LogP contribution in [0.5, 0.6) is 0 Å². The van der Waals surface area contributed by atoms with Gasteiger partial charge in [-0.3, -0.25) is 4.79 Å². The Hall–Kier alpha value is -2.18. The minimum absolute atomic E-state index is 0.0524. The molecule has 1 aliphatic heterocycles. The van der Waals surface area contributed by atoms with Gasteiger partial charge in [0.15, 0.2) is 0 Å². The number of nitrogens with zero attached hydrogens (tertiary/aromatic N) is 1. The smallest absolute Gasteiger partial charge is 0.345 e. The van der Waals surface area contributed by atoms with Crippen LogP contribution in [0.4, 0.5) is 0 Å². The first-order valence-corrected chi connectivity index (χ1v) is 8.73. The third kappa shape index (κ3) is 4.01. The number of carbonyl (C=O) groups is 2. The van der Waals surface area contributed by atoms with Crippen LogP contribution in [0.3, 0.4) is 0 Å². The van der Waals surface area contributed by atoms with E-state index < -0.39 is 5.97 Å². The molecule has 24 heavy (non-hydrogen) atoms. The highest BCUT2D eigenvalue weighted by atomic mass is 32.1. The van der Waals surface area contributed by atoms with Gasteiger partial charge in [0.25, 0.3) is 5.91 Å². The lowest BCUT2D eigenvalue weighted by Gasteiger charge is -2.25. The molecule has 126 valence electrons. The quantitative estimate of drug-likeness (QED) is 0.872. The van der Waals surface area contributed by atoms with Gasteiger partial charge in [0.2, 0.25) is 0 Å². The fourth-order valence-corrected chi connectivity index (χ4v) is 3.59. The van der Waals surface area contributed by atoms with E-state index in [4.69, 9.17) is 9.84 Å². The van der Waals surface area contributed by atoms with Crippen molar-refractivity contribution in [3.8, 4) is 0 Å². The first kappa shape index (κ1) is 16.7. The molecule has 5 nitrogen and oxygen atoms in total. The third-order valence-corrected chi connectivity index (χ3v) is 5.04. The summed E-state index contributed by atoms with van der Waals surface area (Å²) in [5.74, 6) is -1.15. The highest BCUT2D eigenvalue weighted by Crippen LogP contribution is 2.22. The van der Waals surface area contributed by atoms with E-state index in [1.54, 1.807) is 11.0 Å². The first-order valence-electron chi connectivity index (χ1n) is 7.91. The lowest BCUT2D eigenvalue weighted by Crippen LogP contribution is -2.36. The summed E-state index contributed by atoms with van der Waals surface area (Å²) in [6.45, 7) is 1.74. The second-order valence-electron chi connectivity index (χ2n) is 5.78. The Bertz CT molecular complexity index is 707. The summed E-state index contributed by atoms with van der Waals surface area (Å²) in [4.78, 5) is 26.3. The molecule has 1 aromatic carbocycles. The van der Waals surface area contributed by atoms with Crippen LogP contribution in [0.15, 0.2) is 42.5 Å². The van der Waals surface area contributed by atoms with E-state index in [-0.39, 0.29) is 16.9 Å². The van der Waals surface area contributed by atoms with Gasteiger partial charge in [-0.05, 0) is 30.5 Å². The number of carboxylic acid groups (broad SMARTS) is 1. The Kier molecular flexibility index (Phi) is 5.27. The van der Waals surface area contributed by atoms with Crippen LogP contribution < -0.4 is 0 Å². The molecule has 1 fully saturated rings. The monoisotopic (exact) mass is 345 g/mol. The maximum Gasteiger partial charge on any atom is 0.345 e. The van der Waals surface area contributed by atoms with Crippen LogP contribution >= 0.6 is 11.3 Å². The van der Waals surface area contributed by atoms with Gasteiger partial charge < -0.3 is 14.7 Å². The van der Waals surface area contributed by atoms with E-state index in [0.29, 0.717) is 18.0 Å². The Morgan fingerprint density at radius 2 is 1.92 bits per heavy atom. The Labute approximate surface area is 144 Å². The van der Waals surface area contributed by atoms with E-state index >= 15 is 0 Å². The van der Waals surface area contributed by atoms with Gasteiger partial charge >= 0.3 is 5.97 Å². The molecule has 0 bridgehead atoms. The number of hydrogen-bond acceptors (Lipinski definition) is 4. The average Bonchev–Trinajstić information content (AvgIpc) is 3.26. The van der Waals surface area contributed by atoms with Crippen molar-refractivity contribution in [3.05, 3.63) is 57.8 Å². The molecule has 1 atom stereocenters. The summed E-state index contributed by atoms with van der Waals surface area (Å²) in [5, 5.41) is 9.05. The molecule has 1 aromatic heterocycles. The number of ether oxygens (including phenoxy) is 1. The van der Waals surface area contributed by atoms with Gasteiger partial charge in [-0.25, -0.2) is 4.79 Å². The molecular weight excluding hydrogens is 326 g/mol. The van der Waals surface area contributed by atoms with E-state index in [0.717, 1.165) is 36.3 Å². The fraction of sp³-hybridized carbons (Fsp3) is 0.333. The molecule has 1 N–H and O–H groups in total. The molecule has 0 saturated carbocycles. The summed E-state index contributed by atoms with van der Waals surface area (Å²) >= 11 is 1.01. The maximum absolute atomic E-state index is 12.9. The van der Waals surface area contributed by atoms with Gasteiger partial charge in [-0.1, -0.05) is 30.3 Å². The number of aromatic carboxylic acids is 1. The van der Waals surface area contributed by atoms with Gasteiger partial charge in [-0.15, -0.1) is 11.3 Å². The second kappa shape index (κ2) is 7.59. The molecule has 1 saturated heterocycles. The number of amides is 1. The lowest BCUT2D eigenvalue weighted by molar-refractivity contribution is 0.0511. The average molecular weight is 345 g/mol. The van der Waals surface area contributed by atoms with E-state index in [1.165, 1.54) is 6.07 Å². The molecule has 0 spiro atoms. The molecule has 1 aliphatic rings. The summed E-state index contributed by atoms with van der Waals surface area (Å²) < 4.78 is 5.67. The van der Waals surface area contributed by atoms with Gasteiger partial charge in [0, 0.05) is 19.7 Å². The van der Waals surface area contributed by atoms with Crippen molar-refractivity contribution in [2.75, 3.05) is 13.2 Å². The zero-order valence-electron chi connectivity index (χ0n) is 13.2. The van der Waals surface area contributed by atoms with Crippen molar-refractivity contribution in [1.29, 1.82) is 0 Å². The second-order valence-corrected chi connectivity index (χ2v) is 6.86. The van der Waals surface area contributed by atoms with Crippen LogP contribution in [0, 0.1) is 0 Å². The van der Waals surface area contributed by atoms with Crippen molar-refractivity contribution in [2.45, 2.75) is 25.5 Å². The minimum Gasteiger partial charge on any atom is -0.477 e. The predicted molar refractivity (Wildman–Crippen MR) is 91.4 cm³/mol. The third-order valence-electron chi connectivity index (χ3n) is 3.98. The number of rotatable bonds is 6. The number of thiophene rings is 1. The summed E-state index contributed by atoms with van der Waals surface area (Å²) in [6, 6.07) is 12.8. The maximum atomic E-state index is 12.9. The van der Waals surface area contributed by atoms with Gasteiger partial charge in [0.1, 0.15) is 4.88 Å². The highest BCUT2D eigenvalue weighted by Gasteiger charge is 2.25. The van der Waals surface area contributed by atoms with Crippen LogP contribution in [0.2, 0.25) is 0 Å². The Morgan fingerprint density at radius 1 is 1.17 bits per heavy atom. The zero-order valence-corrected chi connectivity index (χ0v) is 14.0. The van der Waals surface area contributed by atoms with Crippen molar-refractivity contribution in [3.63, 3.8) is 0 Å². The minimum atomic E-state index is -1.01. The van der Waals surface area contributed by atoms with Crippen molar-refractivity contribution < 1.29 is 19.4 Å². The molecule has 2 aromatic rings. The largest absolute Gasteiger partial charge is 0.477 e. The summed E-state index contributed by atoms with van der Waals surface area (Å²) in [5.41, 5.74) is 1.04. The molecule has 0 radical (unpaired) electrons. The summed E-state index contributed by atoms with van der Waals surface area (Å²) in [7, 11) is 0. The summed E-state index contributed by atoms with van der Waals surface area (Å²) in [6.07, 6.45) is 2.01. The molecule has 2 heterocycles. The van der Waals surface area contributed by atoms with Crippen LogP contribution in [-0.2, 0) is 11.3 Å². The number of benzene rings is 1. The predicted octanol–water partition coefficient (Wildman–Crippen LogP) is 3.27. The fourth-order valence-electron chi connectivity index (χ4n) is 2.78. The van der Waals surface area contributed by atoms with Crippen LogP contribution in [-0.4, -0.2) is 41.1 Å². The topological polar surface area (TPSA) is 66.8 Å². The number of carbonyl (C=O) groups excluding carboxylic acids is 1. The molecular formula is C18H19NO4S. The van der Waals surface area contributed by atoms with Crippen LogP contribution in [0.25, 0.3) is 0 Å². The Morgan fingerprint density at radius 3 is 2.54 bits per heavy atom. The zero-order chi connectivity index (χ0) is 16.9. The molecule has 1 unspecified atom stereocenters. The standard InChI is InChI=1S/C18H19NO4S/c20-17(15-8-9-16(24-15)18(21)22)19(12-14-7-4-10-23-14)11-13-5-2-1-3-6-13/h1-3,5-6,8-9,14H,4,7,10-12H2,(H,21,22). The van der Waals surface area contributed by atoms with Crippen molar-refractivity contribution in [1.82, 2.24) is 4.90 Å². The SMILES string of the molecule is O=C(O)c1ccc(C(=O)N(Cc2ccccc2)CC2CCCO2)s1. The normalized spacial score (nSPS) is 16.9. The van der Waals surface area contributed by atoms with Crippen LogP contribution in [0.1, 0.15) is 37.7 Å². The van der Waals surface area contributed by atoms with E-state index in [1.807, 2.05) is 30.3 Å². The number of carboxylic acids is 1. The van der Waals surface area contributed by atoms with Gasteiger partial charge in [0.05, 0.1) is 11.0 Å². The molecule has 3 rings (SSSR count). The highest BCUT2D eigenvalue weighted by molar-refractivity contribution is 7.15. The molecule has 0 aliphatic carbocycles. The Balaban J connectivity index is 1.78. The first-order chi connectivity index (χ1) is 11.6. The van der Waals surface area contributed by atoms with E-state index in [2.05, 4.69) is 0 Å². The van der Waals surface area contributed by atoms with Crippen molar-refractivity contribution in [2.24, 2.45) is 0 Å². The van der Waals surface area contributed by atoms with Crippen molar-refractivity contribution >= 4 is 23.2 Å².